The van der Waals surface area contributed by atoms with E-state index in [0.29, 0.717) is 18.6 Å². The smallest absolute Gasteiger partial charge is 0.419 e. The highest BCUT2D eigenvalue weighted by Crippen LogP contribution is 2.41. The zero-order valence-electron chi connectivity index (χ0n) is 20.8. The molecule has 0 spiro atoms. The molecular weight excluding hydrogens is 490 g/mol. The molecule has 9 heteroatoms. The number of carbonyl (C=O) groups is 1. The molecule has 0 bridgehead atoms. The molecule has 1 aliphatic carbocycles. The van der Waals surface area contributed by atoms with Crippen molar-refractivity contribution in [1.29, 1.82) is 0 Å². The zero-order valence-corrected chi connectivity index (χ0v) is 21.6. The molecule has 1 amide bonds. The molecule has 1 saturated carbocycles. The van der Waals surface area contributed by atoms with Gasteiger partial charge in [0.15, 0.2) is 0 Å². The average molecular weight is 524 g/mol. The van der Waals surface area contributed by atoms with Gasteiger partial charge < -0.3 is 15.2 Å². The fraction of sp³-hybridized carbons (Fsp3) is 0.321. The van der Waals surface area contributed by atoms with Crippen molar-refractivity contribution in [2.45, 2.75) is 43.2 Å². The lowest BCUT2D eigenvalue weighted by molar-refractivity contribution is 0.200. The standard InChI is InChI=1S/C28H33N3O5S/c1-36-25-14-8-13-23(19-25)28(20-29-37(34,35)31-27(32)33)17-15-24(16-18-28)30-26(21-9-4-2-5-10-21)22-11-6-3-7-12-22/h2-14,19,24,26,29-31H,15-18,20H2,1H3,(H,32,33)/t24-,28-. The van der Waals surface area contributed by atoms with Crippen molar-refractivity contribution in [3.63, 3.8) is 0 Å². The van der Waals surface area contributed by atoms with Crippen LogP contribution in [0.1, 0.15) is 48.4 Å². The lowest BCUT2D eigenvalue weighted by atomic mass is 9.68. The molecule has 4 N–H and O–H groups in total. The molecule has 0 atom stereocenters. The minimum absolute atomic E-state index is 0.0370. The molecule has 8 nitrogen and oxygen atoms in total. The Balaban J connectivity index is 1.55. The number of amides is 1. The van der Waals surface area contributed by atoms with Gasteiger partial charge in [0.05, 0.1) is 13.2 Å². The average Bonchev–Trinajstić information content (AvgIpc) is 2.92. The molecule has 3 aromatic rings. The third-order valence-electron chi connectivity index (χ3n) is 7.12. The molecule has 1 aliphatic rings. The van der Waals surface area contributed by atoms with Crippen LogP contribution >= 0.6 is 0 Å². The Morgan fingerprint density at radius 2 is 1.57 bits per heavy atom. The summed E-state index contributed by atoms with van der Waals surface area (Å²) in [6, 6.07) is 28.6. The Hall–Kier alpha value is -3.40. The molecule has 1 fully saturated rings. The third kappa shape index (κ3) is 6.88. The van der Waals surface area contributed by atoms with Gasteiger partial charge in [-0.25, -0.2) is 9.52 Å². The second-order valence-electron chi connectivity index (χ2n) is 9.44. The van der Waals surface area contributed by atoms with Crippen molar-refractivity contribution in [3.8, 4) is 5.75 Å². The zero-order chi connectivity index (χ0) is 26.3. The number of hydrogen-bond acceptors (Lipinski definition) is 5. The minimum Gasteiger partial charge on any atom is -0.497 e. The molecule has 0 unspecified atom stereocenters. The van der Waals surface area contributed by atoms with E-state index in [1.165, 1.54) is 11.1 Å². The van der Waals surface area contributed by atoms with Crippen LogP contribution in [0.15, 0.2) is 84.9 Å². The van der Waals surface area contributed by atoms with Crippen LogP contribution in [-0.4, -0.2) is 39.3 Å². The highest BCUT2D eigenvalue weighted by atomic mass is 32.2. The van der Waals surface area contributed by atoms with Gasteiger partial charge in [-0.1, -0.05) is 72.8 Å². The van der Waals surface area contributed by atoms with E-state index in [4.69, 9.17) is 9.84 Å². The quantitative estimate of drug-likeness (QED) is 0.314. The molecular formula is C28H33N3O5S. The lowest BCUT2D eigenvalue weighted by Gasteiger charge is -2.42. The SMILES string of the molecule is COc1cccc([C@]2(CNS(=O)(=O)NC(=O)O)CC[C@@H](NC(c3ccccc3)c3ccccc3)CC2)c1. The number of benzene rings is 3. The highest BCUT2D eigenvalue weighted by molar-refractivity contribution is 7.88. The first-order chi connectivity index (χ1) is 17.8. The number of ether oxygens (including phenoxy) is 1. The van der Waals surface area contributed by atoms with Gasteiger partial charge in [-0.2, -0.15) is 13.1 Å². The van der Waals surface area contributed by atoms with Crippen molar-refractivity contribution in [1.82, 2.24) is 14.8 Å². The van der Waals surface area contributed by atoms with Crippen LogP contribution < -0.4 is 19.5 Å². The number of rotatable bonds is 10. The molecule has 0 aromatic heterocycles. The highest BCUT2D eigenvalue weighted by Gasteiger charge is 2.39. The van der Waals surface area contributed by atoms with E-state index in [0.717, 1.165) is 18.4 Å². The number of hydrogen-bond donors (Lipinski definition) is 4. The van der Waals surface area contributed by atoms with Gasteiger partial charge in [-0.15, -0.1) is 0 Å². The normalized spacial score (nSPS) is 19.9. The maximum absolute atomic E-state index is 12.3. The Kier molecular flexibility index (Phi) is 8.48. The number of methoxy groups -OCH3 is 1. The van der Waals surface area contributed by atoms with Crippen molar-refractivity contribution >= 4 is 16.3 Å². The summed E-state index contributed by atoms with van der Waals surface area (Å²) < 4.78 is 34.0. The van der Waals surface area contributed by atoms with E-state index < -0.39 is 21.7 Å². The summed E-state index contributed by atoms with van der Waals surface area (Å²) in [5, 5.41) is 12.7. The summed E-state index contributed by atoms with van der Waals surface area (Å²) in [7, 11) is -2.60. The summed E-state index contributed by atoms with van der Waals surface area (Å²) in [4.78, 5) is 10.9. The minimum atomic E-state index is -4.19. The van der Waals surface area contributed by atoms with Crippen molar-refractivity contribution in [2.75, 3.05) is 13.7 Å². The fourth-order valence-electron chi connectivity index (χ4n) is 5.15. The molecule has 0 saturated heterocycles. The number of carboxylic acid groups (broad SMARTS) is 1. The molecule has 0 heterocycles. The van der Waals surface area contributed by atoms with Gasteiger partial charge in [-0.05, 0) is 54.5 Å². The first kappa shape index (κ1) is 26.7. The molecule has 3 aromatic carbocycles. The van der Waals surface area contributed by atoms with Gasteiger partial charge in [0.2, 0.25) is 0 Å². The van der Waals surface area contributed by atoms with Crippen molar-refractivity contribution in [3.05, 3.63) is 102 Å². The topological polar surface area (TPSA) is 117 Å². The first-order valence-electron chi connectivity index (χ1n) is 12.3. The maximum atomic E-state index is 12.3. The van der Waals surface area contributed by atoms with Gasteiger partial charge in [0.1, 0.15) is 5.75 Å². The predicted molar refractivity (Wildman–Crippen MR) is 143 cm³/mol. The summed E-state index contributed by atoms with van der Waals surface area (Å²) in [6.07, 6.45) is 1.44. The van der Waals surface area contributed by atoms with Gasteiger partial charge in [0, 0.05) is 18.0 Å². The van der Waals surface area contributed by atoms with Crippen LogP contribution in [0, 0.1) is 0 Å². The van der Waals surface area contributed by atoms with Crippen LogP contribution in [0.4, 0.5) is 4.79 Å². The number of nitrogens with one attached hydrogen (secondary N) is 3. The van der Waals surface area contributed by atoms with Crippen molar-refractivity contribution in [2.24, 2.45) is 0 Å². The lowest BCUT2D eigenvalue weighted by Crippen LogP contribution is -2.49. The van der Waals surface area contributed by atoms with E-state index in [2.05, 4.69) is 34.3 Å². The molecule has 0 aliphatic heterocycles. The van der Waals surface area contributed by atoms with E-state index in [1.54, 1.807) is 11.8 Å². The van der Waals surface area contributed by atoms with Crippen LogP contribution in [-0.2, 0) is 15.6 Å². The Morgan fingerprint density at radius 3 is 2.11 bits per heavy atom. The van der Waals surface area contributed by atoms with Gasteiger partial charge in [0.25, 0.3) is 0 Å². The van der Waals surface area contributed by atoms with Gasteiger partial charge in [-0.3, -0.25) is 0 Å². The van der Waals surface area contributed by atoms with E-state index in [9.17, 15) is 13.2 Å². The Labute approximate surface area is 218 Å². The largest absolute Gasteiger partial charge is 0.497 e. The van der Waals surface area contributed by atoms with Crippen LogP contribution in [0.3, 0.4) is 0 Å². The van der Waals surface area contributed by atoms with Crippen LogP contribution in [0.5, 0.6) is 5.75 Å². The second-order valence-corrected chi connectivity index (χ2v) is 10.9. The summed E-state index contributed by atoms with van der Waals surface area (Å²) in [5.74, 6) is 0.692. The molecule has 196 valence electrons. The summed E-state index contributed by atoms with van der Waals surface area (Å²) in [6.45, 7) is 0.0797. The van der Waals surface area contributed by atoms with E-state index >= 15 is 0 Å². The maximum Gasteiger partial charge on any atom is 0.419 e. The first-order valence-corrected chi connectivity index (χ1v) is 13.8. The van der Waals surface area contributed by atoms with E-state index in [1.807, 2.05) is 60.7 Å². The molecule has 4 rings (SSSR count). The van der Waals surface area contributed by atoms with Gasteiger partial charge >= 0.3 is 16.3 Å². The Bertz CT molecular complexity index is 1240. The van der Waals surface area contributed by atoms with E-state index in [-0.39, 0.29) is 18.6 Å². The third-order valence-corrected chi connectivity index (χ3v) is 8.08. The summed E-state index contributed by atoms with van der Waals surface area (Å²) in [5.41, 5.74) is 2.83. The molecule has 0 radical (unpaired) electrons. The summed E-state index contributed by atoms with van der Waals surface area (Å²) >= 11 is 0. The Morgan fingerprint density at radius 1 is 0.973 bits per heavy atom. The van der Waals surface area contributed by atoms with Crippen LogP contribution in [0.25, 0.3) is 0 Å². The second kappa shape index (κ2) is 11.8. The molecule has 37 heavy (non-hydrogen) atoms. The fourth-order valence-corrected chi connectivity index (χ4v) is 5.92. The van der Waals surface area contributed by atoms with Crippen molar-refractivity contribution < 1.29 is 23.1 Å². The predicted octanol–water partition coefficient (Wildman–Crippen LogP) is 4.36. The monoisotopic (exact) mass is 523 g/mol. The van der Waals surface area contributed by atoms with Crippen LogP contribution in [0.2, 0.25) is 0 Å².